The number of H-pyrrole nitrogens is 1. The average molecular weight is 723 g/mol. The predicted octanol–water partition coefficient (Wildman–Crippen LogP) is 2.58. The Balaban J connectivity index is 0.00000486. The van der Waals surface area contributed by atoms with E-state index in [2.05, 4.69) is 35.6 Å². The van der Waals surface area contributed by atoms with Crippen molar-refractivity contribution in [3.05, 3.63) is 72.6 Å². The summed E-state index contributed by atoms with van der Waals surface area (Å²) in [7, 11) is -3.74. The van der Waals surface area contributed by atoms with Gasteiger partial charge < -0.3 is 16.8 Å². The zero-order valence-corrected chi connectivity index (χ0v) is 29.2. The smallest absolute Gasteiger partial charge is 0.242 e. The second kappa shape index (κ2) is 16.6. The number of amides is 2. The van der Waals surface area contributed by atoms with E-state index in [4.69, 9.17) is 11.5 Å². The van der Waals surface area contributed by atoms with Crippen LogP contribution in [0, 0.1) is 11.8 Å². The van der Waals surface area contributed by atoms with E-state index in [0.29, 0.717) is 47.9 Å². The second-order valence-electron chi connectivity index (χ2n) is 12.8. The van der Waals surface area contributed by atoms with Crippen molar-refractivity contribution in [2.45, 2.75) is 61.9 Å². The largest absolute Gasteiger partial charge is 0.368 e. The Hall–Kier alpha value is -4.28. The third-order valence-electron chi connectivity index (χ3n) is 9.56. The van der Waals surface area contributed by atoms with Gasteiger partial charge in [-0.2, -0.15) is 5.21 Å². The van der Waals surface area contributed by atoms with Crippen LogP contribution in [0.1, 0.15) is 44.1 Å². The number of piperidine rings is 1. The Morgan fingerprint density at radius 2 is 1.60 bits per heavy atom. The number of carbonyl (C=O) groups is 2. The van der Waals surface area contributed by atoms with Gasteiger partial charge >= 0.3 is 0 Å². The summed E-state index contributed by atoms with van der Waals surface area (Å²) in [6.45, 7) is 2.13. The van der Waals surface area contributed by atoms with Gasteiger partial charge in [0.15, 0.2) is 0 Å². The second-order valence-corrected chi connectivity index (χ2v) is 14.5. The van der Waals surface area contributed by atoms with Gasteiger partial charge in [0.25, 0.3) is 0 Å². The van der Waals surface area contributed by atoms with E-state index in [1.807, 2.05) is 24.3 Å². The molecular formula is C34H43ClN10O4S. The number of pyridine rings is 1. The number of hydrogen-bond donors (Lipinski definition) is 5. The van der Waals surface area contributed by atoms with E-state index in [1.54, 1.807) is 36.5 Å². The van der Waals surface area contributed by atoms with Gasteiger partial charge in [-0.3, -0.25) is 19.5 Å². The standard InChI is InChI=1S/C34H42N10O4S.ClH/c35-19-23-3-7-26(8-4-23)34(46)44(29-11-9-25(10-12-29)33-39-42-43-40-33)31(32(36)45)17-22-1-5-24(6-2-22)27-18-30(21-38-20-27)49(47,48)41-28-13-15-37-16-14-28;/h1-2,5-6,9-12,18,20-21,23,26,28,31,37,41H,3-4,7-8,13-17,19,35H2,(H2,36,45)(H,39,40,42,43);1H/t23?,26?,31-;/m0./s1. The highest BCUT2D eigenvalue weighted by molar-refractivity contribution is 7.89. The molecule has 1 atom stereocenters. The van der Waals surface area contributed by atoms with Crippen LogP contribution in [0.15, 0.2) is 71.9 Å². The van der Waals surface area contributed by atoms with Crippen molar-refractivity contribution in [1.82, 2.24) is 35.6 Å². The number of aromatic nitrogens is 5. The molecule has 2 aromatic heterocycles. The molecule has 2 aliphatic rings. The first kappa shape index (κ1) is 37.0. The number of tetrazole rings is 1. The minimum absolute atomic E-state index is 0. The summed E-state index contributed by atoms with van der Waals surface area (Å²) in [5, 5.41) is 17.3. The number of nitrogens with two attached hydrogens (primary N) is 2. The molecule has 4 aromatic rings. The first-order valence-electron chi connectivity index (χ1n) is 16.7. The lowest BCUT2D eigenvalue weighted by Gasteiger charge is -2.35. The Morgan fingerprint density at radius 1 is 0.920 bits per heavy atom. The van der Waals surface area contributed by atoms with Crippen LogP contribution < -0.4 is 26.4 Å². The molecule has 2 aromatic carbocycles. The molecule has 1 saturated carbocycles. The van der Waals surface area contributed by atoms with Crippen LogP contribution in [-0.4, -0.2) is 77.6 Å². The number of carbonyl (C=O) groups excluding carboxylic acids is 2. The fourth-order valence-electron chi connectivity index (χ4n) is 6.68. The van der Waals surface area contributed by atoms with Crippen molar-refractivity contribution in [3.63, 3.8) is 0 Å². The molecule has 2 amide bonds. The maximum Gasteiger partial charge on any atom is 0.242 e. The zero-order chi connectivity index (χ0) is 34.4. The molecule has 7 N–H and O–H groups in total. The fourth-order valence-corrected chi connectivity index (χ4v) is 7.98. The predicted molar refractivity (Wildman–Crippen MR) is 191 cm³/mol. The maximum absolute atomic E-state index is 14.2. The SMILES string of the molecule is Cl.NCC1CCC(C(=O)N(c2ccc(-c3nn[nH]n3)cc2)[C@@H](Cc2ccc(-c3cncc(S(=O)(=O)NC4CCNCC4)c3)cc2)C(N)=O)CC1. The number of aromatic amines is 1. The van der Waals surface area contributed by atoms with Crippen LogP contribution >= 0.6 is 12.4 Å². The van der Waals surface area contributed by atoms with Crippen molar-refractivity contribution in [2.24, 2.45) is 23.3 Å². The monoisotopic (exact) mass is 722 g/mol. The van der Waals surface area contributed by atoms with E-state index < -0.39 is 22.0 Å². The quantitative estimate of drug-likeness (QED) is 0.144. The summed E-state index contributed by atoms with van der Waals surface area (Å²) in [6.07, 6.45) is 7.68. The third-order valence-corrected chi connectivity index (χ3v) is 11.0. The molecule has 1 aliphatic carbocycles. The average Bonchev–Trinajstić information content (AvgIpc) is 3.68. The van der Waals surface area contributed by atoms with Crippen LogP contribution in [0.25, 0.3) is 22.5 Å². The van der Waals surface area contributed by atoms with Gasteiger partial charge in [0.2, 0.25) is 27.7 Å². The summed E-state index contributed by atoms with van der Waals surface area (Å²) in [6, 6.07) is 15.0. The fraction of sp³-hybridized carbons (Fsp3) is 0.412. The number of rotatable bonds is 12. The van der Waals surface area contributed by atoms with E-state index in [0.717, 1.165) is 49.9 Å². The van der Waals surface area contributed by atoms with Crippen LogP contribution in [0.3, 0.4) is 0 Å². The summed E-state index contributed by atoms with van der Waals surface area (Å²) in [4.78, 5) is 33.2. The molecule has 16 heteroatoms. The normalized spacial score (nSPS) is 18.9. The van der Waals surface area contributed by atoms with Crippen LogP contribution in [0.5, 0.6) is 0 Å². The van der Waals surface area contributed by atoms with Gasteiger partial charge in [0.1, 0.15) is 10.9 Å². The number of nitrogens with one attached hydrogen (secondary N) is 3. The van der Waals surface area contributed by atoms with Crippen LogP contribution in [0.2, 0.25) is 0 Å². The number of hydrogen-bond acceptors (Lipinski definition) is 10. The molecule has 0 spiro atoms. The highest BCUT2D eigenvalue weighted by atomic mass is 35.5. The van der Waals surface area contributed by atoms with Crippen LogP contribution in [0.4, 0.5) is 5.69 Å². The molecule has 14 nitrogen and oxygen atoms in total. The lowest BCUT2D eigenvalue weighted by molar-refractivity contribution is -0.127. The highest BCUT2D eigenvalue weighted by Crippen LogP contribution is 2.33. The number of nitrogens with zero attached hydrogens (tertiary/aromatic N) is 5. The number of anilines is 1. The lowest BCUT2D eigenvalue weighted by atomic mass is 9.81. The minimum Gasteiger partial charge on any atom is -0.368 e. The third kappa shape index (κ3) is 8.71. The number of benzene rings is 2. The first-order chi connectivity index (χ1) is 23.7. The Bertz CT molecular complexity index is 1830. The van der Waals surface area contributed by atoms with Gasteiger partial charge in [0, 0.05) is 47.6 Å². The van der Waals surface area contributed by atoms with E-state index in [-0.39, 0.29) is 41.6 Å². The highest BCUT2D eigenvalue weighted by Gasteiger charge is 2.36. The van der Waals surface area contributed by atoms with Crippen molar-refractivity contribution >= 4 is 39.9 Å². The summed E-state index contributed by atoms with van der Waals surface area (Å²) in [5.41, 5.74) is 15.4. The summed E-state index contributed by atoms with van der Waals surface area (Å²) >= 11 is 0. The maximum atomic E-state index is 14.2. The minimum atomic E-state index is -3.74. The van der Waals surface area contributed by atoms with Gasteiger partial charge in [-0.15, -0.1) is 22.6 Å². The molecule has 2 fully saturated rings. The topological polar surface area (TPSA) is 215 Å². The molecular weight excluding hydrogens is 680 g/mol. The lowest BCUT2D eigenvalue weighted by Crippen LogP contribution is -2.52. The molecule has 0 unspecified atom stereocenters. The zero-order valence-electron chi connectivity index (χ0n) is 27.6. The van der Waals surface area contributed by atoms with Crippen molar-refractivity contribution in [3.8, 4) is 22.5 Å². The summed E-state index contributed by atoms with van der Waals surface area (Å²) < 4.78 is 29.0. The molecule has 6 rings (SSSR count). The van der Waals surface area contributed by atoms with Gasteiger partial charge in [-0.05, 0) is 111 Å². The number of halogens is 1. The Kier molecular flexibility index (Phi) is 12.3. The Labute approximate surface area is 297 Å². The molecule has 0 bridgehead atoms. The van der Waals surface area contributed by atoms with Crippen molar-refractivity contribution < 1.29 is 18.0 Å². The first-order valence-corrected chi connectivity index (χ1v) is 18.1. The van der Waals surface area contributed by atoms with Gasteiger partial charge in [-0.1, -0.05) is 24.3 Å². The van der Waals surface area contributed by atoms with Gasteiger partial charge in [-0.25, -0.2) is 13.1 Å². The van der Waals surface area contributed by atoms with Gasteiger partial charge in [0.05, 0.1) is 0 Å². The van der Waals surface area contributed by atoms with Crippen molar-refractivity contribution in [2.75, 3.05) is 24.5 Å². The molecule has 1 aliphatic heterocycles. The van der Waals surface area contributed by atoms with Crippen molar-refractivity contribution in [1.29, 1.82) is 0 Å². The molecule has 1 saturated heterocycles. The van der Waals surface area contributed by atoms with E-state index in [9.17, 15) is 18.0 Å². The molecule has 3 heterocycles. The van der Waals surface area contributed by atoms with E-state index >= 15 is 0 Å². The van der Waals surface area contributed by atoms with Crippen LogP contribution in [-0.2, 0) is 26.0 Å². The number of primary amides is 1. The molecule has 50 heavy (non-hydrogen) atoms. The molecule has 0 radical (unpaired) electrons. The summed E-state index contributed by atoms with van der Waals surface area (Å²) in [5.74, 6) is -0.236. The number of sulfonamides is 1. The van der Waals surface area contributed by atoms with E-state index in [1.165, 1.54) is 11.1 Å². The Morgan fingerprint density at radius 3 is 2.22 bits per heavy atom. The molecule has 266 valence electrons.